The Kier molecular flexibility index (Phi) is 4.03. The van der Waals surface area contributed by atoms with Gasteiger partial charge in [-0.15, -0.1) is 0 Å². The molecule has 1 aromatic carbocycles. The Morgan fingerprint density at radius 1 is 1.31 bits per heavy atom. The Bertz CT molecular complexity index is 464. The van der Waals surface area contributed by atoms with Crippen LogP contribution >= 0.6 is 0 Å². The minimum atomic E-state index is -3.41. The van der Waals surface area contributed by atoms with Crippen molar-refractivity contribution in [3.63, 3.8) is 0 Å². The normalized spacial score (nSPS) is 11.3. The minimum absolute atomic E-state index is 0.0398. The van der Waals surface area contributed by atoms with Gasteiger partial charge in [-0.05, 0) is 31.2 Å². The summed E-state index contributed by atoms with van der Waals surface area (Å²) in [5.74, 6) is -0.869. The molecule has 0 bridgehead atoms. The van der Waals surface area contributed by atoms with E-state index in [-0.39, 0.29) is 11.3 Å². The molecule has 0 aliphatic rings. The van der Waals surface area contributed by atoms with E-state index in [2.05, 4.69) is 4.72 Å². The second kappa shape index (κ2) is 5.09. The third-order valence-electron chi connectivity index (χ3n) is 2.13. The van der Waals surface area contributed by atoms with Crippen LogP contribution in [-0.4, -0.2) is 26.5 Å². The summed E-state index contributed by atoms with van der Waals surface area (Å²) >= 11 is 0. The Hall–Kier alpha value is -1.40. The maximum absolute atomic E-state index is 11.4. The quantitative estimate of drug-likeness (QED) is 0.793. The van der Waals surface area contributed by atoms with Gasteiger partial charge in [0, 0.05) is 6.42 Å². The van der Waals surface area contributed by atoms with Gasteiger partial charge in [-0.1, -0.05) is 12.1 Å². The van der Waals surface area contributed by atoms with E-state index in [9.17, 15) is 13.2 Å². The number of aliphatic carboxylic acids is 1. The lowest BCUT2D eigenvalue weighted by molar-refractivity contribution is -0.136. The maximum atomic E-state index is 11.4. The SMILES string of the molecule is CNS(=O)(=O)c1ccc(CCC(=O)O)cc1. The first-order valence-corrected chi connectivity index (χ1v) is 6.18. The molecule has 0 aliphatic heterocycles. The number of sulfonamides is 1. The molecule has 0 heterocycles. The summed E-state index contributed by atoms with van der Waals surface area (Å²) in [6.45, 7) is 0. The molecule has 2 N–H and O–H groups in total. The summed E-state index contributed by atoms with van der Waals surface area (Å²) in [6, 6.07) is 6.16. The summed E-state index contributed by atoms with van der Waals surface area (Å²) in [6.07, 6.45) is 0.438. The lowest BCUT2D eigenvalue weighted by atomic mass is 10.1. The van der Waals surface area contributed by atoms with E-state index in [4.69, 9.17) is 5.11 Å². The molecule has 1 aromatic rings. The third-order valence-corrected chi connectivity index (χ3v) is 3.56. The van der Waals surface area contributed by atoms with Crippen LogP contribution in [0.5, 0.6) is 0 Å². The summed E-state index contributed by atoms with van der Waals surface area (Å²) in [7, 11) is -2.07. The van der Waals surface area contributed by atoms with E-state index in [0.717, 1.165) is 5.56 Å². The second-order valence-electron chi connectivity index (χ2n) is 3.25. The highest BCUT2D eigenvalue weighted by molar-refractivity contribution is 7.89. The van der Waals surface area contributed by atoms with Crippen LogP contribution in [0, 0.1) is 0 Å². The lowest BCUT2D eigenvalue weighted by Crippen LogP contribution is -2.18. The molecule has 0 aromatic heterocycles. The van der Waals surface area contributed by atoms with Crippen LogP contribution < -0.4 is 4.72 Å². The molecule has 0 saturated carbocycles. The number of rotatable bonds is 5. The molecule has 0 radical (unpaired) electrons. The zero-order valence-electron chi connectivity index (χ0n) is 8.80. The zero-order chi connectivity index (χ0) is 12.2. The van der Waals surface area contributed by atoms with Gasteiger partial charge in [0.25, 0.3) is 0 Å². The van der Waals surface area contributed by atoms with Crippen LogP contribution in [0.25, 0.3) is 0 Å². The molecule has 1 rings (SSSR count). The van der Waals surface area contributed by atoms with Gasteiger partial charge in [-0.2, -0.15) is 0 Å². The third kappa shape index (κ3) is 3.32. The van der Waals surface area contributed by atoms with Crippen molar-refractivity contribution < 1.29 is 18.3 Å². The number of carboxylic acids is 1. The van der Waals surface area contributed by atoms with Crippen LogP contribution in [-0.2, 0) is 21.2 Å². The molecule has 88 valence electrons. The van der Waals surface area contributed by atoms with Gasteiger partial charge in [0.05, 0.1) is 4.90 Å². The molecule has 0 aliphatic carbocycles. The number of hydrogen-bond acceptors (Lipinski definition) is 3. The fraction of sp³-hybridized carbons (Fsp3) is 0.300. The van der Waals surface area contributed by atoms with E-state index in [1.165, 1.54) is 19.2 Å². The van der Waals surface area contributed by atoms with Gasteiger partial charge in [0.2, 0.25) is 10.0 Å². The minimum Gasteiger partial charge on any atom is -0.481 e. The van der Waals surface area contributed by atoms with Gasteiger partial charge < -0.3 is 5.11 Å². The predicted octanol–water partition coefficient (Wildman–Crippen LogP) is 0.612. The van der Waals surface area contributed by atoms with Gasteiger partial charge in [-0.25, -0.2) is 13.1 Å². The number of carboxylic acid groups (broad SMARTS) is 1. The van der Waals surface area contributed by atoms with E-state index in [1.807, 2.05) is 0 Å². The topological polar surface area (TPSA) is 83.5 Å². The molecule has 16 heavy (non-hydrogen) atoms. The van der Waals surface area contributed by atoms with E-state index in [0.29, 0.717) is 6.42 Å². The molecule has 0 unspecified atom stereocenters. The lowest BCUT2D eigenvalue weighted by Gasteiger charge is -2.03. The molecule has 6 heteroatoms. The van der Waals surface area contributed by atoms with Crippen molar-refractivity contribution in [2.45, 2.75) is 17.7 Å². The predicted molar refractivity (Wildman–Crippen MR) is 58.6 cm³/mol. The van der Waals surface area contributed by atoms with Crippen molar-refractivity contribution in [1.82, 2.24) is 4.72 Å². The Labute approximate surface area is 94.2 Å². The van der Waals surface area contributed by atoms with Gasteiger partial charge in [-0.3, -0.25) is 4.79 Å². The molecular weight excluding hydrogens is 230 g/mol. The molecule has 0 amide bonds. The van der Waals surface area contributed by atoms with Crippen LogP contribution in [0.1, 0.15) is 12.0 Å². The monoisotopic (exact) mass is 243 g/mol. The average Bonchev–Trinajstić information content (AvgIpc) is 2.27. The van der Waals surface area contributed by atoms with Crippen molar-refractivity contribution in [3.8, 4) is 0 Å². The number of hydrogen-bond donors (Lipinski definition) is 2. The summed E-state index contributed by atoms with van der Waals surface area (Å²) in [5, 5.41) is 8.49. The fourth-order valence-corrected chi connectivity index (χ4v) is 1.93. The largest absolute Gasteiger partial charge is 0.481 e. The van der Waals surface area contributed by atoms with Crippen LogP contribution in [0.3, 0.4) is 0 Å². The summed E-state index contributed by atoms with van der Waals surface area (Å²) < 4.78 is 25.0. The van der Waals surface area contributed by atoms with Crippen LogP contribution in [0.2, 0.25) is 0 Å². The number of benzene rings is 1. The van der Waals surface area contributed by atoms with Crippen molar-refractivity contribution in [2.24, 2.45) is 0 Å². The molecular formula is C10H13NO4S. The van der Waals surface area contributed by atoms with Gasteiger partial charge in [0.15, 0.2) is 0 Å². The van der Waals surface area contributed by atoms with Gasteiger partial charge in [0.1, 0.15) is 0 Å². The average molecular weight is 243 g/mol. The van der Waals surface area contributed by atoms with E-state index in [1.54, 1.807) is 12.1 Å². The first-order valence-electron chi connectivity index (χ1n) is 4.70. The number of aryl methyl sites for hydroxylation is 1. The first-order chi connectivity index (χ1) is 7.45. The maximum Gasteiger partial charge on any atom is 0.303 e. The molecule has 0 atom stereocenters. The Morgan fingerprint density at radius 3 is 2.31 bits per heavy atom. The van der Waals surface area contributed by atoms with Gasteiger partial charge >= 0.3 is 5.97 Å². The fourth-order valence-electron chi connectivity index (χ4n) is 1.20. The van der Waals surface area contributed by atoms with E-state index < -0.39 is 16.0 Å². The molecule has 0 fully saturated rings. The molecule has 5 nitrogen and oxygen atoms in total. The Morgan fingerprint density at radius 2 is 1.88 bits per heavy atom. The zero-order valence-corrected chi connectivity index (χ0v) is 9.62. The Balaban J connectivity index is 2.80. The molecule has 0 saturated heterocycles. The van der Waals surface area contributed by atoms with Crippen molar-refractivity contribution in [3.05, 3.63) is 29.8 Å². The highest BCUT2D eigenvalue weighted by Crippen LogP contribution is 2.11. The van der Waals surface area contributed by atoms with Crippen LogP contribution in [0.4, 0.5) is 0 Å². The highest BCUT2D eigenvalue weighted by atomic mass is 32.2. The standard InChI is InChI=1S/C10H13NO4S/c1-11-16(14,15)9-5-2-8(3-6-9)4-7-10(12)13/h2-3,5-6,11H,4,7H2,1H3,(H,12,13). The van der Waals surface area contributed by atoms with Crippen LogP contribution in [0.15, 0.2) is 29.2 Å². The second-order valence-corrected chi connectivity index (χ2v) is 5.13. The van der Waals surface area contributed by atoms with Crippen molar-refractivity contribution in [1.29, 1.82) is 0 Å². The number of nitrogens with one attached hydrogen (secondary N) is 1. The summed E-state index contributed by atoms with van der Waals surface area (Å²) in [4.78, 5) is 10.5. The first kappa shape index (κ1) is 12.7. The van der Waals surface area contributed by atoms with E-state index >= 15 is 0 Å². The van der Waals surface area contributed by atoms with Crippen molar-refractivity contribution >= 4 is 16.0 Å². The highest BCUT2D eigenvalue weighted by Gasteiger charge is 2.10. The summed E-state index contributed by atoms with van der Waals surface area (Å²) in [5.41, 5.74) is 0.803. The van der Waals surface area contributed by atoms with Crippen molar-refractivity contribution in [2.75, 3.05) is 7.05 Å². The smallest absolute Gasteiger partial charge is 0.303 e. The molecule has 0 spiro atoms. The number of carbonyl (C=O) groups is 1.